The average molecular weight is 603 g/mol. The molecule has 0 aliphatic rings. The van der Waals surface area contributed by atoms with Crippen LogP contribution in [0.15, 0.2) is 35.9 Å². The molecule has 0 spiro atoms. The zero-order valence-corrected chi connectivity index (χ0v) is 19.2. The minimum absolute atomic E-state index is 0.0180. The van der Waals surface area contributed by atoms with Gasteiger partial charge in [0.15, 0.2) is 0 Å². The molecule has 1 N–H and O–H groups in total. The lowest BCUT2D eigenvalue weighted by atomic mass is 10.1. The minimum Gasteiger partial charge on any atom is -0.479 e. The molecule has 4 nitrogen and oxygen atoms in total. The van der Waals surface area contributed by atoms with Crippen molar-refractivity contribution in [3.05, 3.63) is 59.2 Å². The standard InChI is InChI=1S/C20H13ClI2N2O2/c1-3-6-27-19-17(22)8-13(9-18(19)23)7-14(11-24)20(26)25-15-5-4-12(2)16(21)10-15/h1,4-5,7-10H,6H2,2H3,(H,25,26)/b14-7-. The summed E-state index contributed by atoms with van der Waals surface area (Å²) in [4.78, 5) is 12.4. The molecule has 27 heavy (non-hydrogen) atoms. The lowest BCUT2D eigenvalue weighted by Crippen LogP contribution is -2.13. The average Bonchev–Trinajstić information content (AvgIpc) is 2.62. The van der Waals surface area contributed by atoms with Crippen molar-refractivity contribution < 1.29 is 9.53 Å². The van der Waals surface area contributed by atoms with Gasteiger partial charge >= 0.3 is 0 Å². The third-order valence-electron chi connectivity index (χ3n) is 3.43. The topological polar surface area (TPSA) is 62.1 Å². The molecule has 136 valence electrons. The molecule has 2 rings (SSSR count). The van der Waals surface area contributed by atoms with Crippen LogP contribution in [0.3, 0.4) is 0 Å². The largest absolute Gasteiger partial charge is 0.479 e. The number of hydrogen-bond acceptors (Lipinski definition) is 3. The van der Waals surface area contributed by atoms with Crippen LogP contribution in [0.4, 0.5) is 5.69 Å². The van der Waals surface area contributed by atoms with Gasteiger partial charge in [-0.1, -0.05) is 23.6 Å². The van der Waals surface area contributed by atoms with Crippen molar-refractivity contribution in [3.63, 3.8) is 0 Å². The summed E-state index contributed by atoms with van der Waals surface area (Å²) in [5.41, 5.74) is 2.13. The van der Waals surface area contributed by atoms with E-state index in [2.05, 4.69) is 56.4 Å². The third-order valence-corrected chi connectivity index (χ3v) is 5.44. The molecule has 0 unspecified atom stereocenters. The van der Waals surface area contributed by atoms with Crippen LogP contribution in [-0.2, 0) is 4.79 Å². The third kappa shape index (κ3) is 5.86. The number of anilines is 1. The number of nitrogens with zero attached hydrogens (tertiary/aromatic N) is 1. The van der Waals surface area contributed by atoms with Crippen LogP contribution < -0.4 is 10.1 Å². The summed E-state index contributed by atoms with van der Waals surface area (Å²) in [6, 6.07) is 10.8. The van der Waals surface area contributed by atoms with Crippen LogP contribution in [0, 0.1) is 37.7 Å². The quantitative estimate of drug-likeness (QED) is 0.215. The van der Waals surface area contributed by atoms with Gasteiger partial charge in [0, 0.05) is 10.7 Å². The Balaban J connectivity index is 2.27. The van der Waals surface area contributed by atoms with Crippen molar-refractivity contribution in [2.75, 3.05) is 11.9 Å². The Morgan fingerprint density at radius 2 is 2.00 bits per heavy atom. The van der Waals surface area contributed by atoms with Gasteiger partial charge in [-0.05, 0) is 93.6 Å². The maximum Gasteiger partial charge on any atom is 0.266 e. The van der Waals surface area contributed by atoms with Gasteiger partial charge in [-0.25, -0.2) is 0 Å². The molecule has 0 saturated heterocycles. The van der Waals surface area contributed by atoms with Crippen LogP contribution >= 0.6 is 56.8 Å². The zero-order chi connectivity index (χ0) is 20.0. The predicted molar refractivity (Wildman–Crippen MR) is 125 cm³/mol. The van der Waals surface area contributed by atoms with Crippen LogP contribution in [0.25, 0.3) is 6.08 Å². The first-order chi connectivity index (χ1) is 12.8. The Bertz CT molecular complexity index is 981. The smallest absolute Gasteiger partial charge is 0.266 e. The molecule has 0 atom stereocenters. The number of carbonyl (C=O) groups is 1. The summed E-state index contributed by atoms with van der Waals surface area (Å²) >= 11 is 10.3. The van der Waals surface area contributed by atoms with Gasteiger partial charge in [0.05, 0.1) is 7.14 Å². The molecule has 7 heteroatoms. The molecular weight excluding hydrogens is 589 g/mol. The number of carbonyl (C=O) groups excluding carboxylic acids is 1. The molecule has 0 aliphatic heterocycles. The molecule has 0 radical (unpaired) electrons. The summed E-state index contributed by atoms with van der Waals surface area (Å²) in [6.45, 7) is 2.04. The van der Waals surface area contributed by atoms with Gasteiger partial charge in [-0.15, -0.1) is 6.42 Å². The Morgan fingerprint density at radius 3 is 2.56 bits per heavy atom. The van der Waals surface area contributed by atoms with Gasteiger partial charge < -0.3 is 10.1 Å². The van der Waals surface area contributed by atoms with Crippen LogP contribution in [-0.4, -0.2) is 12.5 Å². The molecule has 2 aromatic rings. The lowest BCUT2D eigenvalue weighted by molar-refractivity contribution is -0.112. The van der Waals surface area contributed by atoms with Gasteiger partial charge in [-0.2, -0.15) is 5.26 Å². The number of hydrogen-bond donors (Lipinski definition) is 1. The molecule has 2 aromatic carbocycles. The minimum atomic E-state index is -0.505. The number of aryl methyl sites for hydroxylation is 1. The fourth-order valence-electron chi connectivity index (χ4n) is 2.10. The van der Waals surface area contributed by atoms with E-state index in [4.69, 9.17) is 22.8 Å². The van der Waals surface area contributed by atoms with E-state index in [-0.39, 0.29) is 12.2 Å². The van der Waals surface area contributed by atoms with Crippen molar-refractivity contribution in [2.24, 2.45) is 0 Å². The van der Waals surface area contributed by atoms with E-state index in [0.29, 0.717) is 22.0 Å². The van der Waals surface area contributed by atoms with Gasteiger partial charge in [0.25, 0.3) is 5.91 Å². The van der Waals surface area contributed by atoms with Crippen LogP contribution in [0.5, 0.6) is 5.75 Å². The van der Waals surface area contributed by atoms with Gasteiger partial charge in [0.1, 0.15) is 24.0 Å². The first-order valence-corrected chi connectivity index (χ1v) is 10.1. The van der Waals surface area contributed by atoms with E-state index in [1.54, 1.807) is 18.2 Å². The molecule has 0 saturated carbocycles. The van der Waals surface area contributed by atoms with Crippen molar-refractivity contribution in [1.29, 1.82) is 5.26 Å². The summed E-state index contributed by atoms with van der Waals surface area (Å²) in [5.74, 6) is 2.61. The van der Waals surface area contributed by atoms with Crippen LogP contribution in [0.2, 0.25) is 5.02 Å². The Morgan fingerprint density at radius 1 is 1.33 bits per heavy atom. The highest BCUT2D eigenvalue weighted by molar-refractivity contribution is 14.1. The number of halogens is 3. The molecule has 0 aromatic heterocycles. The first kappa shape index (κ1) is 21.5. The summed E-state index contributed by atoms with van der Waals surface area (Å²) in [6.07, 6.45) is 6.75. The molecule has 0 heterocycles. The summed E-state index contributed by atoms with van der Waals surface area (Å²) < 4.78 is 7.20. The predicted octanol–water partition coefficient (Wildman–Crippen LogP) is 5.42. The van der Waals surface area contributed by atoms with Gasteiger partial charge in [-0.3, -0.25) is 4.79 Å². The fourth-order valence-corrected chi connectivity index (χ4v) is 4.41. The highest BCUT2D eigenvalue weighted by atomic mass is 127. The second-order valence-corrected chi connectivity index (χ2v) is 8.13. The van der Waals surface area contributed by atoms with E-state index in [9.17, 15) is 10.1 Å². The summed E-state index contributed by atoms with van der Waals surface area (Å²) in [5, 5.41) is 12.6. The number of amides is 1. The second-order valence-electron chi connectivity index (χ2n) is 5.39. The zero-order valence-electron chi connectivity index (χ0n) is 14.1. The SMILES string of the molecule is C#CCOc1c(I)cc(/C=C(/C#N)C(=O)Nc2ccc(C)c(Cl)c2)cc1I. The first-order valence-electron chi connectivity index (χ1n) is 7.60. The number of ether oxygens (including phenoxy) is 1. The molecule has 1 amide bonds. The molecular formula is C20H13ClI2N2O2. The monoisotopic (exact) mass is 602 g/mol. The van der Waals surface area contributed by atoms with E-state index < -0.39 is 5.91 Å². The normalized spacial score (nSPS) is 10.7. The van der Waals surface area contributed by atoms with E-state index in [1.165, 1.54) is 6.08 Å². The highest BCUT2D eigenvalue weighted by Crippen LogP contribution is 2.30. The van der Waals surface area contributed by atoms with E-state index in [0.717, 1.165) is 12.7 Å². The maximum atomic E-state index is 12.4. The van der Waals surface area contributed by atoms with Crippen molar-refractivity contribution >= 4 is 74.5 Å². The number of benzene rings is 2. The van der Waals surface area contributed by atoms with E-state index in [1.807, 2.05) is 25.1 Å². The number of rotatable bonds is 5. The number of nitrogens with one attached hydrogen (secondary N) is 1. The molecule has 0 aliphatic carbocycles. The number of nitriles is 1. The lowest BCUT2D eigenvalue weighted by Gasteiger charge is -2.10. The summed E-state index contributed by atoms with van der Waals surface area (Å²) in [7, 11) is 0. The van der Waals surface area contributed by atoms with Crippen molar-refractivity contribution in [1.82, 2.24) is 0 Å². The van der Waals surface area contributed by atoms with Crippen molar-refractivity contribution in [2.45, 2.75) is 6.92 Å². The molecule has 0 fully saturated rings. The van der Waals surface area contributed by atoms with Gasteiger partial charge in [0.2, 0.25) is 0 Å². The second kappa shape index (κ2) is 9.98. The number of terminal acetylenes is 1. The maximum absolute atomic E-state index is 12.4. The van der Waals surface area contributed by atoms with E-state index >= 15 is 0 Å². The Hall–Kier alpha value is -1.75. The Kier molecular flexibility index (Phi) is 7.96. The van der Waals surface area contributed by atoms with Crippen molar-refractivity contribution in [3.8, 4) is 24.2 Å². The Labute approximate surface area is 190 Å². The van der Waals surface area contributed by atoms with Crippen LogP contribution in [0.1, 0.15) is 11.1 Å². The highest BCUT2D eigenvalue weighted by Gasteiger charge is 2.13. The fraction of sp³-hybridized carbons (Fsp3) is 0.100. The molecule has 0 bridgehead atoms.